The first-order valence-electron chi connectivity index (χ1n) is 8.62. The lowest BCUT2D eigenvalue weighted by molar-refractivity contribution is -0.139. The minimum atomic E-state index is -4.74. The Labute approximate surface area is 174 Å². The van der Waals surface area contributed by atoms with Gasteiger partial charge in [-0.05, 0) is 31.2 Å². The first-order valence-corrected chi connectivity index (χ1v) is 8.99. The van der Waals surface area contributed by atoms with E-state index in [-0.39, 0.29) is 29.5 Å². The highest BCUT2D eigenvalue weighted by atomic mass is 35.5. The van der Waals surface area contributed by atoms with Gasteiger partial charge in [-0.2, -0.15) is 17.6 Å². The van der Waals surface area contributed by atoms with Gasteiger partial charge in [0.05, 0.1) is 30.4 Å². The van der Waals surface area contributed by atoms with Gasteiger partial charge >= 0.3 is 6.18 Å². The zero-order chi connectivity index (χ0) is 21.9. The number of ether oxygens (including phenoxy) is 2. The topological polar surface area (TPSA) is 49.2 Å². The third kappa shape index (κ3) is 5.29. The number of nitrogens with zero attached hydrogens (tertiary/aromatic N) is 3. The quantitative estimate of drug-likeness (QED) is 0.325. The molecule has 3 rings (SSSR count). The van der Waals surface area contributed by atoms with Crippen molar-refractivity contribution in [3.8, 4) is 11.6 Å². The van der Waals surface area contributed by atoms with Gasteiger partial charge in [0.15, 0.2) is 0 Å². The molecular weight excluding hydrogens is 426 g/mol. The predicted octanol–water partition coefficient (Wildman–Crippen LogP) is 6.17. The molecule has 1 unspecified atom stereocenters. The minimum Gasteiger partial charge on any atom is -0.489 e. The number of benzene rings is 1. The van der Waals surface area contributed by atoms with Crippen LogP contribution in [0.2, 0.25) is 5.02 Å². The second-order valence-corrected chi connectivity index (χ2v) is 6.78. The van der Waals surface area contributed by atoms with Gasteiger partial charge in [-0.3, -0.25) is 0 Å². The molecule has 2 heterocycles. The summed E-state index contributed by atoms with van der Waals surface area (Å²) in [5.41, 5.74) is -1.31. The van der Waals surface area contributed by atoms with E-state index in [1.165, 1.54) is 31.2 Å². The van der Waals surface area contributed by atoms with Crippen molar-refractivity contribution in [2.24, 2.45) is 0 Å². The van der Waals surface area contributed by atoms with Crippen LogP contribution in [0.15, 0.2) is 61.4 Å². The highest BCUT2D eigenvalue weighted by molar-refractivity contribution is 6.30. The molecule has 1 atom stereocenters. The van der Waals surface area contributed by atoms with Gasteiger partial charge in [0.2, 0.25) is 11.8 Å². The fraction of sp³-hybridized carbons (Fsp3) is 0.200. The van der Waals surface area contributed by atoms with Gasteiger partial charge in [-0.15, -0.1) is 0 Å². The number of alkyl halides is 3. The lowest BCUT2D eigenvalue weighted by Gasteiger charge is -2.23. The monoisotopic (exact) mass is 441 g/mol. The molecule has 10 heteroatoms. The normalized spacial score (nSPS) is 12.5. The summed E-state index contributed by atoms with van der Waals surface area (Å²) in [6, 6.07) is 6.83. The van der Waals surface area contributed by atoms with Gasteiger partial charge in [-0.1, -0.05) is 18.2 Å². The molecule has 2 aromatic heterocycles. The number of halogens is 5. The van der Waals surface area contributed by atoms with Crippen molar-refractivity contribution in [3.05, 3.63) is 83.5 Å². The largest absolute Gasteiger partial charge is 0.489 e. The molecule has 0 spiro atoms. The highest BCUT2D eigenvalue weighted by Gasteiger charge is 2.37. The first kappa shape index (κ1) is 21.6. The van der Waals surface area contributed by atoms with Crippen LogP contribution in [0.4, 0.5) is 17.6 Å². The number of aromatic nitrogens is 3. The SMILES string of the molecule is C=C(C)OC(Cn1cncc1F)c1cnc(Oc2ccc(Cl)cc2)cc1C(F)(F)F. The minimum absolute atomic E-state index is 0.162. The standard InChI is InChI=1S/C20H16ClF4N3O2/c1-12(2)29-17(10-28-11-26-9-18(28)22)15-8-27-19(7-16(15)20(23,24)25)30-14-5-3-13(21)4-6-14/h3-9,11,17H,1,10H2,2H3. The molecule has 0 amide bonds. The number of pyridine rings is 1. The predicted molar refractivity (Wildman–Crippen MR) is 102 cm³/mol. The highest BCUT2D eigenvalue weighted by Crippen LogP contribution is 2.38. The molecule has 5 nitrogen and oxygen atoms in total. The molecule has 158 valence electrons. The molecule has 0 bridgehead atoms. The van der Waals surface area contributed by atoms with Crippen LogP contribution in [0.3, 0.4) is 0 Å². The summed E-state index contributed by atoms with van der Waals surface area (Å²) in [7, 11) is 0. The summed E-state index contributed by atoms with van der Waals surface area (Å²) in [6.45, 7) is 4.79. The first-order chi connectivity index (χ1) is 14.1. The average molecular weight is 442 g/mol. The second kappa shape index (κ2) is 8.74. The van der Waals surface area contributed by atoms with Crippen LogP contribution in [-0.2, 0) is 17.5 Å². The number of allylic oxidation sites excluding steroid dienone is 1. The van der Waals surface area contributed by atoms with Gasteiger partial charge < -0.3 is 14.0 Å². The molecule has 30 heavy (non-hydrogen) atoms. The molecule has 0 saturated carbocycles. The van der Waals surface area contributed by atoms with E-state index in [1.54, 1.807) is 0 Å². The van der Waals surface area contributed by atoms with Crippen molar-refractivity contribution in [2.75, 3.05) is 0 Å². The molecule has 0 saturated heterocycles. The van der Waals surface area contributed by atoms with Crippen molar-refractivity contribution in [3.63, 3.8) is 0 Å². The molecule has 3 aromatic rings. The van der Waals surface area contributed by atoms with Crippen LogP contribution in [0, 0.1) is 5.95 Å². The fourth-order valence-corrected chi connectivity index (χ4v) is 2.81. The summed E-state index contributed by atoms with van der Waals surface area (Å²) < 4.78 is 67.1. The molecule has 0 aliphatic heterocycles. The van der Waals surface area contributed by atoms with Crippen LogP contribution in [0.5, 0.6) is 11.6 Å². The maximum Gasteiger partial charge on any atom is 0.417 e. The van der Waals surface area contributed by atoms with E-state index < -0.39 is 23.8 Å². The third-order valence-electron chi connectivity index (χ3n) is 3.97. The van der Waals surface area contributed by atoms with Crippen molar-refractivity contribution < 1.29 is 27.0 Å². The van der Waals surface area contributed by atoms with Gasteiger partial charge in [0, 0.05) is 22.8 Å². The van der Waals surface area contributed by atoms with Crippen LogP contribution in [-0.4, -0.2) is 14.5 Å². The smallest absolute Gasteiger partial charge is 0.417 e. The Morgan fingerprint density at radius 1 is 1.23 bits per heavy atom. The molecule has 0 fully saturated rings. The zero-order valence-electron chi connectivity index (χ0n) is 15.7. The Hall–Kier alpha value is -3.07. The van der Waals surface area contributed by atoms with E-state index >= 15 is 0 Å². The molecule has 0 N–H and O–H groups in total. The second-order valence-electron chi connectivity index (χ2n) is 6.34. The zero-order valence-corrected chi connectivity index (χ0v) is 16.4. The van der Waals surface area contributed by atoms with Crippen molar-refractivity contribution in [2.45, 2.75) is 25.7 Å². The summed E-state index contributed by atoms with van der Waals surface area (Å²) >= 11 is 5.79. The van der Waals surface area contributed by atoms with E-state index in [0.29, 0.717) is 5.02 Å². The van der Waals surface area contributed by atoms with Gasteiger partial charge in [0.1, 0.15) is 11.9 Å². The summed E-state index contributed by atoms with van der Waals surface area (Å²) in [6.07, 6.45) is -2.84. The average Bonchev–Trinajstić information content (AvgIpc) is 3.07. The number of hydrogen-bond acceptors (Lipinski definition) is 4. The Kier molecular flexibility index (Phi) is 6.31. The van der Waals surface area contributed by atoms with E-state index in [9.17, 15) is 17.6 Å². The molecule has 1 aromatic carbocycles. The maximum atomic E-state index is 13.8. The van der Waals surface area contributed by atoms with Crippen molar-refractivity contribution in [1.82, 2.24) is 14.5 Å². The molecular formula is C20H16ClF4N3O2. The summed E-state index contributed by atoms with van der Waals surface area (Å²) in [5, 5.41) is 0.452. The molecule has 0 aliphatic carbocycles. The fourth-order valence-electron chi connectivity index (χ4n) is 2.69. The number of rotatable bonds is 7. The van der Waals surface area contributed by atoms with E-state index in [4.69, 9.17) is 21.1 Å². The Balaban J connectivity index is 1.99. The Bertz CT molecular complexity index is 1040. The van der Waals surface area contributed by atoms with Gasteiger partial charge in [-0.25, -0.2) is 9.97 Å². The molecule has 0 radical (unpaired) electrons. The van der Waals surface area contributed by atoms with Crippen molar-refractivity contribution >= 4 is 11.6 Å². The third-order valence-corrected chi connectivity index (χ3v) is 4.22. The molecule has 0 aliphatic rings. The summed E-state index contributed by atoms with van der Waals surface area (Å²) in [4.78, 5) is 7.60. The Morgan fingerprint density at radius 2 is 1.93 bits per heavy atom. The van der Waals surface area contributed by atoms with E-state index in [2.05, 4.69) is 16.5 Å². The van der Waals surface area contributed by atoms with Crippen LogP contribution < -0.4 is 4.74 Å². The van der Waals surface area contributed by atoms with E-state index in [0.717, 1.165) is 29.4 Å². The number of hydrogen-bond donors (Lipinski definition) is 0. The van der Waals surface area contributed by atoms with Crippen LogP contribution in [0.25, 0.3) is 0 Å². The lowest BCUT2D eigenvalue weighted by Crippen LogP contribution is -2.19. The van der Waals surface area contributed by atoms with Gasteiger partial charge in [0.25, 0.3) is 0 Å². The van der Waals surface area contributed by atoms with Crippen LogP contribution in [0.1, 0.15) is 24.2 Å². The lowest BCUT2D eigenvalue weighted by atomic mass is 10.0. The van der Waals surface area contributed by atoms with E-state index in [1.807, 2.05) is 0 Å². The number of imidazole rings is 1. The summed E-state index contributed by atoms with van der Waals surface area (Å²) in [5.74, 6) is -0.552. The van der Waals surface area contributed by atoms with Crippen LogP contribution >= 0.6 is 11.6 Å². The Morgan fingerprint density at radius 3 is 2.50 bits per heavy atom. The van der Waals surface area contributed by atoms with Crippen molar-refractivity contribution in [1.29, 1.82) is 0 Å². The maximum absolute atomic E-state index is 13.8.